The first kappa shape index (κ1) is 17.0. The molecule has 2 aromatic carbocycles. The quantitative estimate of drug-likeness (QED) is 0.500. The fraction of sp³-hybridized carbons (Fsp3) is 0.0588. The lowest BCUT2D eigenvalue weighted by Gasteiger charge is -2.09. The van der Waals surface area contributed by atoms with Crippen LogP contribution in [0.4, 0.5) is 14.5 Å². The summed E-state index contributed by atoms with van der Waals surface area (Å²) in [5.74, 6) is -3.01. The molecule has 2 N–H and O–H groups in total. The Hall–Kier alpha value is -3.40. The van der Waals surface area contributed by atoms with Gasteiger partial charge in [-0.15, -0.1) is 0 Å². The zero-order valence-electron chi connectivity index (χ0n) is 12.3. The summed E-state index contributed by atoms with van der Waals surface area (Å²) in [6.45, 7) is -0.410. The van der Waals surface area contributed by atoms with Gasteiger partial charge in [0.1, 0.15) is 30.1 Å². The number of aliphatic hydroxyl groups is 1. The highest BCUT2D eigenvalue weighted by atomic mass is 19.1. The SMILES string of the molecule is N#CC(C(=O)Nc1ccc(F)cc1F)=C(O)COc1ccccc1. The monoisotopic (exact) mass is 330 g/mol. The number of hydrogen-bond acceptors (Lipinski definition) is 4. The Morgan fingerprint density at radius 3 is 2.54 bits per heavy atom. The molecule has 7 heteroatoms. The summed E-state index contributed by atoms with van der Waals surface area (Å²) >= 11 is 0. The van der Waals surface area contributed by atoms with Crippen molar-refractivity contribution in [1.82, 2.24) is 0 Å². The maximum absolute atomic E-state index is 13.5. The lowest BCUT2D eigenvalue weighted by atomic mass is 10.2. The minimum absolute atomic E-state index is 0.314. The third kappa shape index (κ3) is 4.30. The third-order valence-corrected chi connectivity index (χ3v) is 2.93. The smallest absolute Gasteiger partial charge is 0.270 e. The number of para-hydroxylation sites is 1. The van der Waals surface area contributed by atoms with Crippen LogP contribution in [0.25, 0.3) is 0 Å². The Balaban J connectivity index is 2.10. The number of nitrogens with one attached hydrogen (secondary N) is 1. The number of amides is 1. The van der Waals surface area contributed by atoms with Crippen molar-refractivity contribution in [3.63, 3.8) is 0 Å². The van der Waals surface area contributed by atoms with Crippen molar-refractivity contribution in [2.75, 3.05) is 11.9 Å². The number of halogens is 2. The molecule has 0 radical (unpaired) electrons. The van der Waals surface area contributed by atoms with Gasteiger partial charge in [-0.3, -0.25) is 4.79 Å². The van der Waals surface area contributed by atoms with E-state index < -0.39 is 35.5 Å². The van der Waals surface area contributed by atoms with Gasteiger partial charge in [0.2, 0.25) is 0 Å². The van der Waals surface area contributed by atoms with Gasteiger partial charge in [-0.1, -0.05) is 18.2 Å². The average molecular weight is 330 g/mol. The molecule has 0 saturated carbocycles. The first-order valence-electron chi connectivity index (χ1n) is 6.77. The highest BCUT2D eigenvalue weighted by Gasteiger charge is 2.17. The standard InChI is InChI=1S/C17H12F2N2O3/c18-11-6-7-15(14(19)8-11)21-17(23)13(9-20)16(22)10-24-12-4-2-1-3-5-12/h1-8,22H,10H2,(H,21,23). The zero-order valence-corrected chi connectivity index (χ0v) is 12.3. The van der Waals surface area contributed by atoms with E-state index in [4.69, 9.17) is 10.00 Å². The average Bonchev–Trinajstić information content (AvgIpc) is 2.57. The van der Waals surface area contributed by atoms with Crippen molar-refractivity contribution in [1.29, 1.82) is 5.26 Å². The van der Waals surface area contributed by atoms with Crippen LogP contribution in [0.15, 0.2) is 59.9 Å². The van der Waals surface area contributed by atoms with Crippen LogP contribution in [0.2, 0.25) is 0 Å². The summed E-state index contributed by atoms with van der Waals surface area (Å²) in [7, 11) is 0. The molecular formula is C17H12F2N2O3. The van der Waals surface area contributed by atoms with E-state index in [0.717, 1.165) is 12.1 Å². The summed E-state index contributed by atoms with van der Waals surface area (Å²) in [6.07, 6.45) is 0. The largest absolute Gasteiger partial charge is 0.507 e. The third-order valence-electron chi connectivity index (χ3n) is 2.93. The van der Waals surface area contributed by atoms with Crippen LogP contribution in [0.1, 0.15) is 0 Å². The number of anilines is 1. The van der Waals surface area contributed by atoms with E-state index in [2.05, 4.69) is 5.32 Å². The van der Waals surface area contributed by atoms with Crippen molar-refractivity contribution in [3.8, 4) is 11.8 Å². The van der Waals surface area contributed by atoms with E-state index in [0.29, 0.717) is 11.8 Å². The fourth-order valence-corrected chi connectivity index (χ4v) is 1.76. The molecule has 0 saturated heterocycles. The Morgan fingerprint density at radius 2 is 1.92 bits per heavy atom. The molecule has 122 valence electrons. The predicted molar refractivity (Wildman–Crippen MR) is 82.2 cm³/mol. The Labute approximate surface area is 136 Å². The number of nitriles is 1. The molecule has 1 amide bonds. The van der Waals surface area contributed by atoms with Crippen molar-refractivity contribution < 1.29 is 23.4 Å². The van der Waals surface area contributed by atoms with Crippen molar-refractivity contribution in [2.45, 2.75) is 0 Å². The van der Waals surface area contributed by atoms with Crippen LogP contribution in [0.3, 0.4) is 0 Å². The first-order chi connectivity index (χ1) is 11.5. The van der Waals surface area contributed by atoms with E-state index in [9.17, 15) is 18.7 Å². The van der Waals surface area contributed by atoms with Gasteiger partial charge >= 0.3 is 0 Å². The number of hydrogen-bond donors (Lipinski definition) is 2. The zero-order chi connectivity index (χ0) is 17.5. The highest BCUT2D eigenvalue weighted by molar-refractivity contribution is 6.06. The lowest BCUT2D eigenvalue weighted by molar-refractivity contribution is -0.112. The number of carbonyl (C=O) groups excluding carboxylic acids is 1. The second kappa shape index (κ2) is 7.74. The number of benzene rings is 2. The van der Waals surface area contributed by atoms with Gasteiger partial charge in [-0.25, -0.2) is 8.78 Å². The highest BCUT2D eigenvalue weighted by Crippen LogP contribution is 2.17. The molecule has 0 aliphatic heterocycles. The number of aliphatic hydroxyl groups excluding tert-OH is 1. The van der Waals surface area contributed by atoms with Crippen LogP contribution in [-0.4, -0.2) is 17.6 Å². The number of ether oxygens (including phenoxy) is 1. The van der Waals surface area contributed by atoms with Crippen LogP contribution in [0, 0.1) is 23.0 Å². The molecule has 0 unspecified atom stereocenters. The number of carbonyl (C=O) groups is 1. The second-order valence-electron chi connectivity index (χ2n) is 4.61. The van der Waals surface area contributed by atoms with Crippen LogP contribution in [-0.2, 0) is 4.79 Å². The van der Waals surface area contributed by atoms with Gasteiger partial charge in [-0.05, 0) is 24.3 Å². The van der Waals surface area contributed by atoms with Crippen molar-refractivity contribution in [3.05, 3.63) is 71.5 Å². The summed E-state index contributed by atoms with van der Waals surface area (Å²) in [4.78, 5) is 12.0. The molecule has 5 nitrogen and oxygen atoms in total. The Kier molecular flexibility index (Phi) is 5.47. The van der Waals surface area contributed by atoms with Crippen molar-refractivity contribution in [2.24, 2.45) is 0 Å². The minimum Gasteiger partial charge on any atom is -0.507 e. The summed E-state index contributed by atoms with van der Waals surface area (Å²) < 4.78 is 31.6. The van der Waals surface area contributed by atoms with Crippen LogP contribution < -0.4 is 10.1 Å². The van der Waals surface area contributed by atoms with E-state index in [1.807, 2.05) is 0 Å². The molecule has 0 spiro atoms. The lowest BCUT2D eigenvalue weighted by Crippen LogP contribution is -2.18. The Bertz CT molecular complexity index is 814. The number of nitrogens with zero attached hydrogens (tertiary/aromatic N) is 1. The van der Waals surface area contributed by atoms with Gasteiger partial charge in [-0.2, -0.15) is 5.26 Å². The van der Waals surface area contributed by atoms with Crippen LogP contribution in [0.5, 0.6) is 5.75 Å². The van der Waals surface area contributed by atoms with Gasteiger partial charge in [0.25, 0.3) is 5.91 Å². The maximum atomic E-state index is 13.5. The predicted octanol–water partition coefficient (Wildman–Crippen LogP) is 3.32. The molecule has 24 heavy (non-hydrogen) atoms. The van der Waals surface area contributed by atoms with Gasteiger partial charge in [0, 0.05) is 6.07 Å². The molecule has 0 aliphatic carbocycles. The summed E-state index contributed by atoms with van der Waals surface area (Å²) in [5.41, 5.74) is -0.944. The van der Waals surface area contributed by atoms with Crippen LogP contribution >= 0.6 is 0 Å². The van der Waals surface area contributed by atoms with E-state index in [1.165, 1.54) is 6.07 Å². The van der Waals surface area contributed by atoms with E-state index >= 15 is 0 Å². The molecule has 0 fully saturated rings. The Morgan fingerprint density at radius 1 is 1.21 bits per heavy atom. The normalized spacial score (nSPS) is 11.2. The summed E-state index contributed by atoms with van der Waals surface area (Å²) in [6, 6.07) is 12.5. The van der Waals surface area contributed by atoms with Crippen molar-refractivity contribution >= 4 is 11.6 Å². The maximum Gasteiger partial charge on any atom is 0.270 e. The molecule has 2 rings (SSSR count). The number of rotatable bonds is 5. The van der Waals surface area contributed by atoms with Gasteiger partial charge in [0.05, 0.1) is 5.69 Å². The van der Waals surface area contributed by atoms with Gasteiger partial charge < -0.3 is 15.2 Å². The summed E-state index contributed by atoms with van der Waals surface area (Å²) in [5, 5.41) is 21.0. The second-order valence-corrected chi connectivity index (χ2v) is 4.61. The molecule has 2 aromatic rings. The van der Waals surface area contributed by atoms with E-state index in [-0.39, 0.29) is 5.69 Å². The molecule has 0 aliphatic rings. The topological polar surface area (TPSA) is 82.4 Å². The minimum atomic E-state index is -1.03. The van der Waals surface area contributed by atoms with E-state index in [1.54, 1.807) is 30.3 Å². The molecule has 0 bridgehead atoms. The molecule has 0 atom stereocenters. The molecule has 0 aromatic heterocycles. The fourth-order valence-electron chi connectivity index (χ4n) is 1.76. The molecule has 0 heterocycles. The first-order valence-corrected chi connectivity index (χ1v) is 6.77. The molecular weight excluding hydrogens is 318 g/mol. The van der Waals surface area contributed by atoms with Gasteiger partial charge in [0.15, 0.2) is 11.3 Å².